The van der Waals surface area contributed by atoms with Crippen molar-refractivity contribution in [2.24, 2.45) is 5.92 Å². The van der Waals surface area contributed by atoms with Gasteiger partial charge in [0, 0.05) is 18.2 Å². The van der Waals surface area contributed by atoms with Crippen molar-refractivity contribution >= 4 is 5.78 Å². The van der Waals surface area contributed by atoms with Crippen LogP contribution in [0.15, 0.2) is 30.5 Å². The molecule has 28 heavy (non-hydrogen) atoms. The zero-order valence-corrected chi connectivity index (χ0v) is 16.0. The molecular weight excluding hydrogens is 364 g/mol. The van der Waals surface area contributed by atoms with E-state index in [1.165, 1.54) is 12.1 Å². The van der Waals surface area contributed by atoms with Crippen molar-refractivity contribution in [3.63, 3.8) is 0 Å². The van der Waals surface area contributed by atoms with Gasteiger partial charge in [0.05, 0.1) is 13.2 Å². The topological polar surface area (TPSA) is 48.4 Å². The van der Waals surface area contributed by atoms with Crippen LogP contribution in [0.25, 0.3) is 11.1 Å². The summed E-state index contributed by atoms with van der Waals surface area (Å²) in [5.41, 5.74) is 0.916. The van der Waals surface area contributed by atoms with Gasteiger partial charge in [-0.25, -0.2) is 13.8 Å². The van der Waals surface area contributed by atoms with Gasteiger partial charge in [0.2, 0.25) is 5.88 Å². The highest BCUT2D eigenvalue weighted by molar-refractivity contribution is 5.75. The fourth-order valence-electron chi connectivity index (χ4n) is 2.89. The molecule has 0 aliphatic heterocycles. The third-order valence-corrected chi connectivity index (χ3v) is 4.65. The maximum atomic E-state index is 14.5. The molecular formula is C22H25F2NO3. The number of hydrogen-bond acceptors (Lipinski definition) is 4. The summed E-state index contributed by atoms with van der Waals surface area (Å²) in [6.07, 6.45) is 6.58. The van der Waals surface area contributed by atoms with Crippen molar-refractivity contribution in [2.45, 2.75) is 45.4 Å². The molecule has 6 heteroatoms. The molecule has 0 saturated heterocycles. The Bertz CT molecular complexity index is 798. The number of benzene rings is 1. The molecule has 2 aromatic rings. The van der Waals surface area contributed by atoms with E-state index < -0.39 is 11.6 Å². The third kappa shape index (κ3) is 5.75. The van der Waals surface area contributed by atoms with Crippen LogP contribution in [0.1, 0.15) is 45.4 Å². The van der Waals surface area contributed by atoms with Crippen LogP contribution in [-0.2, 0) is 4.79 Å². The van der Waals surface area contributed by atoms with Gasteiger partial charge in [-0.05, 0) is 74.8 Å². The van der Waals surface area contributed by atoms with Crippen LogP contribution in [0, 0.1) is 17.6 Å². The fraction of sp³-hybridized carbons (Fsp3) is 0.455. The minimum atomic E-state index is -0.754. The Labute approximate surface area is 163 Å². The summed E-state index contributed by atoms with van der Waals surface area (Å²) >= 11 is 0. The number of ketones is 1. The maximum Gasteiger partial charge on any atom is 0.221 e. The molecule has 0 bridgehead atoms. The third-order valence-electron chi connectivity index (χ3n) is 4.65. The molecule has 0 N–H and O–H groups in total. The number of nitrogens with zero attached hydrogens (tertiary/aromatic N) is 1. The van der Waals surface area contributed by atoms with E-state index in [-0.39, 0.29) is 18.1 Å². The first-order chi connectivity index (χ1) is 13.5. The normalized spacial score (nSPS) is 13.4. The van der Waals surface area contributed by atoms with E-state index in [4.69, 9.17) is 9.47 Å². The molecule has 0 radical (unpaired) electrons. The molecule has 0 spiro atoms. The minimum absolute atomic E-state index is 0.143. The Kier molecular flexibility index (Phi) is 6.95. The smallest absolute Gasteiger partial charge is 0.221 e. The Morgan fingerprint density at radius 3 is 2.57 bits per heavy atom. The predicted molar refractivity (Wildman–Crippen MR) is 102 cm³/mol. The number of Topliss-reactive ketones (excluding diaryl/α,β-unsaturated/α-hetero) is 1. The molecule has 1 fully saturated rings. The van der Waals surface area contributed by atoms with E-state index >= 15 is 0 Å². The Hall–Kier alpha value is -2.50. The van der Waals surface area contributed by atoms with E-state index in [1.807, 2.05) is 0 Å². The van der Waals surface area contributed by atoms with Gasteiger partial charge in [0.1, 0.15) is 5.78 Å². The van der Waals surface area contributed by atoms with Crippen molar-refractivity contribution in [3.8, 4) is 22.8 Å². The number of halogens is 2. The molecule has 1 aromatic carbocycles. The molecule has 3 rings (SSSR count). The van der Waals surface area contributed by atoms with Crippen LogP contribution in [-0.4, -0.2) is 24.0 Å². The van der Waals surface area contributed by atoms with Crippen LogP contribution in [0.4, 0.5) is 8.78 Å². The van der Waals surface area contributed by atoms with Crippen LogP contribution >= 0.6 is 0 Å². The molecule has 1 saturated carbocycles. The highest BCUT2D eigenvalue weighted by Crippen LogP contribution is 2.35. The quantitative estimate of drug-likeness (QED) is 0.487. The summed E-state index contributed by atoms with van der Waals surface area (Å²) in [6, 6.07) is 5.93. The lowest BCUT2D eigenvalue weighted by Crippen LogP contribution is -2.04. The van der Waals surface area contributed by atoms with Gasteiger partial charge >= 0.3 is 0 Å². The number of aromatic nitrogens is 1. The average molecular weight is 389 g/mol. The summed E-state index contributed by atoms with van der Waals surface area (Å²) < 4.78 is 40.0. The van der Waals surface area contributed by atoms with Crippen LogP contribution in [0.2, 0.25) is 0 Å². The minimum Gasteiger partial charge on any atom is -0.488 e. The van der Waals surface area contributed by atoms with E-state index in [0.717, 1.165) is 25.7 Å². The lowest BCUT2D eigenvalue weighted by molar-refractivity contribution is -0.117. The SMILES string of the molecule is CC(=O)CCCCCOc1c(F)cc(-c2cccnc2OCC2CC2)cc1F. The molecule has 4 nitrogen and oxygen atoms in total. The van der Waals surface area contributed by atoms with Gasteiger partial charge in [0.15, 0.2) is 17.4 Å². The molecule has 0 atom stereocenters. The largest absolute Gasteiger partial charge is 0.488 e. The van der Waals surface area contributed by atoms with Crippen LogP contribution < -0.4 is 9.47 Å². The first kappa shape index (κ1) is 20.2. The first-order valence-electron chi connectivity index (χ1n) is 9.74. The van der Waals surface area contributed by atoms with E-state index in [1.54, 1.807) is 25.3 Å². The summed E-state index contributed by atoms with van der Waals surface area (Å²) in [6.45, 7) is 2.32. The van der Waals surface area contributed by atoms with Gasteiger partial charge in [-0.3, -0.25) is 0 Å². The lowest BCUT2D eigenvalue weighted by atomic mass is 10.1. The van der Waals surface area contributed by atoms with Gasteiger partial charge < -0.3 is 14.3 Å². The van der Waals surface area contributed by atoms with Crippen molar-refractivity contribution in [1.82, 2.24) is 4.98 Å². The van der Waals surface area contributed by atoms with E-state index in [2.05, 4.69) is 4.98 Å². The molecule has 150 valence electrons. The highest BCUT2D eigenvalue weighted by Gasteiger charge is 2.23. The Balaban J connectivity index is 1.64. The van der Waals surface area contributed by atoms with Crippen LogP contribution in [0.5, 0.6) is 11.6 Å². The number of rotatable bonds is 11. The summed E-state index contributed by atoms with van der Waals surface area (Å²) in [4.78, 5) is 15.1. The lowest BCUT2D eigenvalue weighted by Gasteiger charge is -2.13. The molecule has 1 aliphatic carbocycles. The second-order valence-electron chi connectivity index (χ2n) is 7.24. The van der Waals surface area contributed by atoms with Crippen molar-refractivity contribution < 1.29 is 23.0 Å². The van der Waals surface area contributed by atoms with Crippen LogP contribution in [0.3, 0.4) is 0 Å². The zero-order chi connectivity index (χ0) is 19.9. The van der Waals surface area contributed by atoms with Crippen molar-refractivity contribution in [1.29, 1.82) is 0 Å². The monoisotopic (exact) mass is 389 g/mol. The molecule has 1 aliphatic rings. The van der Waals surface area contributed by atoms with Crippen molar-refractivity contribution in [2.75, 3.05) is 13.2 Å². The Morgan fingerprint density at radius 2 is 1.89 bits per heavy atom. The Morgan fingerprint density at radius 1 is 1.14 bits per heavy atom. The molecule has 1 aromatic heterocycles. The van der Waals surface area contributed by atoms with Gasteiger partial charge in [-0.2, -0.15) is 0 Å². The summed E-state index contributed by atoms with van der Waals surface area (Å²) in [7, 11) is 0. The summed E-state index contributed by atoms with van der Waals surface area (Å²) in [5.74, 6) is -0.808. The number of hydrogen-bond donors (Lipinski definition) is 0. The number of pyridine rings is 1. The first-order valence-corrected chi connectivity index (χ1v) is 9.74. The highest BCUT2D eigenvalue weighted by atomic mass is 19.1. The predicted octanol–water partition coefficient (Wildman–Crippen LogP) is 5.34. The number of unbranched alkanes of at least 4 members (excludes halogenated alkanes) is 2. The van der Waals surface area contributed by atoms with Gasteiger partial charge in [-0.1, -0.05) is 0 Å². The van der Waals surface area contributed by atoms with Gasteiger partial charge in [0.25, 0.3) is 0 Å². The van der Waals surface area contributed by atoms with Gasteiger partial charge in [-0.15, -0.1) is 0 Å². The maximum absolute atomic E-state index is 14.5. The van der Waals surface area contributed by atoms with E-state index in [0.29, 0.717) is 42.4 Å². The number of carbonyl (C=O) groups is 1. The van der Waals surface area contributed by atoms with Crippen molar-refractivity contribution in [3.05, 3.63) is 42.1 Å². The zero-order valence-electron chi connectivity index (χ0n) is 16.0. The molecule has 0 unspecified atom stereocenters. The average Bonchev–Trinajstić information content (AvgIpc) is 3.49. The second kappa shape index (κ2) is 9.62. The molecule has 0 amide bonds. The number of carbonyl (C=O) groups excluding carboxylic acids is 1. The van der Waals surface area contributed by atoms with E-state index in [9.17, 15) is 13.6 Å². The number of ether oxygens (including phenoxy) is 2. The second-order valence-corrected chi connectivity index (χ2v) is 7.24. The summed E-state index contributed by atoms with van der Waals surface area (Å²) in [5, 5.41) is 0. The fourth-order valence-corrected chi connectivity index (χ4v) is 2.89. The molecule has 1 heterocycles. The standard InChI is InChI=1S/C22H25F2NO3/c1-15(26)6-3-2-4-11-27-21-19(23)12-17(13-20(21)24)18-7-5-10-25-22(18)28-14-16-8-9-16/h5,7,10,12-13,16H,2-4,6,8-9,11,14H2,1H3.